The Hall–Kier alpha value is -1.88. The minimum Gasteiger partial charge on any atom is -0.325 e. The van der Waals surface area contributed by atoms with Crippen molar-refractivity contribution in [2.45, 2.75) is 75.4 Å². The van der Waals surface area contributed by atoms with Crippen molar-refractivity contribution in [1.29, 1.82) is 0 Å². The van der Waals surface area contributed by atoms with E-state index in [1.807, 2.05) is 6.07 Å². The van der Waals surface area contributed by atoms with Gasteiger partial charge >= 0.3 is 0 Å². The molecule has 0 saturated carbocycles. The number of hydrogen-bond acceptors (Lipinski definition) is 3. The average molecular weight is 463 g/mol. The van der Waals surface area contributed by atoms with E-state index in [1.165, 1.54) is 68.4 Å². The molecule has 4 heterocycles. The van der Waals surface area contributed by atoms with Crippen LogP contribution in [-0.2, 0) is 5.41 Å². The lowest BCUT2D eigenvalue weighted by Crippen LogP contribution is -2.47. The number of aryl methyl sites for hydroxylation is 1. The second-order valence-corrected chi connectivity index (χ2v) is 11.0. The molecule has 6 rings (SSSR count). The maximum atomic E-state index is 6.42. The van der Waals surface area contributed by atoms with Gasteiger partial charge in [-0.25, -0.2) is 4.98 Å². The lowest BCUT2D eigenvalue weighted by Gasteiger charge is -2.44. The fourth-order valence-electron chi connectivity index (χ4n) is 7.20. The summed E-state index contributed by atoms with van der Waals surface area (Å²) in [5.41, 5.74) is 4.14. The number of fused-ring (bicyclic) bond motifs is 3. The molecule has 0 amide bonds. The molecular formula is C28H35ClN4. The fraction of sp³-hybridized carbons (Fsp3) is 0.536. The number of nitrogens with one attached hydrogen (secondary N) is 1. The zero-order valence-corrected chi connectivity index (χ0v) is 20.4. The van der Waals surface area contributed by atoms with E-state index >= 15 is 0 Å². The van der Waals surface area contributed by atoms with Crippen LogP contribution in [0.1, 0.15) is 62.4 Å². The number of para-hydroxylation sites is 2. The van der Waals surface area contributed by atoms with Crippen LogP contribution in [0.5, 0.6) is 0 Å². The number of hydrogen-bond donors (Lipinski definition) is 1. The summed E-state index contributed by atoms with van der Waals surface area (Å²) in [7, 11) is 0. The van der Waals surface area contributed by atoms with Gasteiger partial charge in [-0.15, -0.1) is 0 Å². The van der Waals surface area contributed by atoms with Crippen LogP contribution in [0.25, 0.3) is 11.0 Å². The van der Waals surface area contributed by atoms with Gasteiger partial charge in [0.2, 0.25) is 0 Å². The Labute approximate surface area is 202 Å². The van der Waals surface area contributed by atoms with E-state index in [-0.39, 0.29) is 5.41 Å². The van der Waals surface area contributed by atoms with Crippen molar-refractivity contribution in [3.05, 3.63) is 64.9 Å². The Kier molecular flexibility index (Phi) is 5.72. The van der Waals surface area contributed by atoms with Crippen molar-refractivity contribution < 1.29 is 0 Å². The summed E-state index contributed by atoms with van der Waals surface area (Å²) in [5.74, 6) is 1.17. The van der Waals surface area contributed by atoms with Crippen molar-refractivity contribution in [2.24, 2.45) is 0 Å². The molecular weight excluding hydrogens is 428 g/mol. The van der Waals surface area contributed by atoms with Crippen LogP contribution in [0.3, 0.4) is 0 Å². The molecule has 2 atom stereocenters. The van der Waals surface area contributed by atoms with Crippen LogP contribution in [0.2, 0.25) is 5.02 Å². The number of benzene rings is 2. The zero-order valence-electron chi connectivity index (χ0n) is 19.6. The molecule has 3 aromatic rings. The van der Waals surface area contributed by atoms with Crippen LogP contribution >= 0.6 is 11.6 Å². The quantitative estimate of drug-likeness (QED) is 0.514. The highest BCUT2D eigenvalue weighted by Gasteiger charge is 2.43. The van der Waals surface area contributed by atoms with E-state index < -0.39 is 0 Å². The first kappa shape index (κ1) is 21.6. The van der Waals surface area contributed by atoms with Gasteiger partial charge in [-0.3, -0.25) is 4.90 Å². The Balaban J connectivity index is 1.21. The second kappa shape index (κ2) is 8.72. The predicted molar refractivity (Wildman–Crippen MR) is 136 cm³/mol. The van der Waals surface area contributed by atoms with E-state index in [2.05, 4.69) is 64.2 Å². The van der Waals surface area contributed by atoms with Gasteiger partial charge < -0.3 is 9.88 Å². The molecule has 3 saturated heterocycles. The van der Waals surface area contributed by atoms with Gasteiger partial charge in [-0.05, 0) is 107 Å². The average Bonchev–Trinajstić information content (AvgIpc) is 3.29. The Morgan fingerprint density at radius 2 is 1.76 bits per heavy atom. The molecule has 4 nitrogen and oxygen atoms in total. The van der Waals surface area contributed by atoms with Gasteiger partial charge in [-0.1, -0.05) is 35.9 Å². The van der Waals surface area contributed by atoms with Crippen LogP contribution < -0.4 is 5.32 Å². The molecule has 0 radical (unpaired) electrons. The lowest BCUT2D eigenvalue weighted by atomic mass is 9.70. The third kappa shape index (κ3) is 3.90. The first-order valence-corrected chi connectivity index (χ1v) is 13.2. The minimum atomic E-state index is 0.254. The normalized spacial score (nSPS) is 27.3. The van der Waals surface area contributed by atoms with Gasteiger partial charge in [0.1, 0.15) is 5.82 Å². The number of nitrogens with zero attached hydrogens (tertiary/aromatic N) is 3. The van der Waals surface area contributed by atoms with Crippen molar-refractivity contribution in [3.8, 4) is 0 Å². The Morgan fingerprint density at radius 3 is 2.52 bits per heavy atom. The summed E-state index contributed by atoms with van der Waals surface area (Å²) in [6, 6.07) is 19.3. The van der Waals surface area contributed by atoms with E-state index in [1.54, 1.807) is 0 Å². The third-order valence-corrected chi connectivity index (χ3v) is 9.08. The summed E-state index contributed by atoms with van der Waals surface area (Å²) >= 11 is 6.42. The molecule has 33 heavy (non-hydrogen) atoms. The summed E-state index contributed by atoms with van der Waals surface area (Å²) < 4.78 is 2.54. The van der Waals surface area contributed by atoms with Crippen molar-refractivity contribution in [3.63, 3.8) is 0 Å². The summed E-state index contributed by atoms with van der Waals surface area (Å²) in [5, 5.41) is 4.45. The number of imidazole rings is 1. The maximum absolute atomic E-state index is 6.42. The number of rotatable bonds is 5. The highest BCUT2D eigenvalue weighted by molar-refractivity contribution is 6.30. The largest absolute Gasteiger partial charge is 0.325 e. The summed E-state index contributed by atoms with van der Waals surface area (Å²) in [6.45, 7) is 5.60. The SMILES string of the molecule is Cc1nc2ccccc2n1C1C[C@@H]2CC[C@@H](C1)N2CCC1(c2cccc(Cl)c2)CCNCC1. The maximum Gasteiger partial charge on any atom is 0.106 e. The highest BCUT2D eigenvalue weighted by Crippen LogP contribution is 2.44. The van der Waals surface area contributed by atoms with Gasteiger partial charge in [0.15, 0.2) is 0 Å². The van der Waals surface area contributed by atoms with Crippen molar-refractivity contribution in [1.82, 2.24) is 19.8 Å². The van der Waals surface area contributed by atoms with Gasteiger partial charge in [0, 0.05) is 23.1 Å². The molecule has 0 aliphatic carbocycles. The molecule has 174 valence electrons. The van der Waals surface area contributed by atoms with Gasteiger partial charge in [-0.2, -0.15) is 0 Å². The van der Waals surface area contributed by atoms with E-state index in [9.17, 15) is 0 Å². The molecule has 0 unspecified atom stereocenters. The summed E-state index contributed by atoms with van der Waals surface area (Å²) in [4.78, 5) is 7.73. The smallest absolute Gasteiger partial charge is 0.106 e. The van der Waals surface area contributed by atoms with Crippen LogP contribution in [-0.4, -0.2) is 46.2 Å². The van der Waals surface area contributed by atoms with E-state index in [0.29, 0.717) is 18.1 Å². The highest BCUT2D eigenvalue weighted by atomic mass is 35.5. The molecule has 3 aliphatic heterocycles. The van der Waals surface area contributed by atoms with Crippen molar-refractivity contribution >= 4 is 22.6 Å². The fourth-order valence-corrected chi connectivity index (χ4v) is 7.39. The van der Waals surface area contributed by atoms with Crippen molar-refractivity contribution in [2.75, 3.05) is 19.6 Å². The van der Waals surface area contributed by atoms with Crippen LogP contribution in [0, 0.1) is 6.92 Å². The standard InChI is InChI=1S/C28H35ClN4/c1-20-31-26-7-2-3-8-27(26)33(20)25-18-23-9-10-24(19-25)32(23)16-13-28(11-14-30-15-12-28)21-5-4-6-22(29)17-21/h2-8,17,23-25,30H,9-16,18-19H2,1H3/t23-,24-/m0/s1. The summed E-state index contributed by atoms with van der Waals surface area (Å²) in [6.07, 6.45) is 8.85. The van der Waals surface area contributed by atoms with E-state index in [4.69, 9.17) is 16.6 Å². The van der Waals surface area contributed by atoms with E-state index in [0.717, 1.165) is 23.6 Å². The van der Waals surface area contributed by atoms with Gasteiger partial charge in [0.05, 0.1) is 11.0 Å². The van der Waals surface area contributed by atoms with Crippen LogP contribution in [0.4, 0.5) is 0 Å². The topological polar surface area (TPSA) is 33.1 Å². The first-order chi connectivity index (χ1) is 16.1. The molecule has 5 heteroatoms. The lowest BCUT2D eigenvalue weighted by molar-refractivity contribution is 0.0929. The minimum absolute atomic E-state index is 0.254. The monoisotopic (exact) mass is 462 g/mol. The Bertz CT molecular complexity index is 1120. The molecule has 1 aromatic heterocycles. The van der Waals surface area contributed by atoms with Gasteiger partial charge in [0.25, 0.3) is 0 Å². The molecule has 2 aromatic carbocycles. The Morgan fingerprint density at radius 1 is 1.00 bits per heavy atom. The number of halogens is 1. The second-order valence-electron chi connectivity index (χ2n) is 10.6. The predicted octanol–water partition coefficient (Wildman–Crippen LogP) is 5.88. The molecule has 0 spiro atoms. The molecule has 3 fully saturated rings. The number of piperidine rings is 2. The molecule has 1 N–H and O–H groups in total. The number of aromatic nitrogens is 2. The zero-order chi connectivity index (χ0) is 22.4. The third-order valence-electron chi connectivity index (χ3n) is 8.84. The van der Waals surface area contributed by atoms with Crippen LogP contribution in [0.15, 0.2) is 48.5 Å². The molecule has 3 aliphatic rings. The molecule has 2 bridgehead atoms. The first-order valence-electron chi connectivity index (χ1n) is 12.8.